The number of nitrogens with zero attached hydrogens (tertiary/aromatic N) is 1. The Morgan fingerprint density at radius 3 is 2.79 bits per heavy atom. The van der Waals surface area contributed by atoms with E-state index in [-0.39, 0.29) is 18.0 Å². The van der Waals surface area contributed by atoms with E-state index < -0.39 is 0 Å². The van der Waals surface area contributed by atoms with Crippen LogP contribution in [0.15, 0.2) is 31.9 Å². The molecule has 4 nitrogen and oxygen atoms in total. The molecular formula is C12H9Br2FN2O2. The van der Waals surface area contributed by atoms with Gasteiger partial charge in [-0.1, -0.05) is 0 Å². The fraction of sp³-hybridized carbons (Fsp3) is 0.167. The molecule has 0 aliphatic heterocycles. The molecule has 0 saturated carbocycles. The average molecular weight is 392 g/mol. The van der Waals surface area contributed by atoms with Gasteiger partial charge in [-0.15, -0.1) is 0 Å². The normalized spacial score (nSPS) is 10.7. The van der Waals surface area contributed by atoms with E-state index in [1.807, 2.05) is 0 Å². The Hall–Kier alpha value is -1.05. The standard InChI is InChI=1S/C12H9Br2FN2O2/c1-19-5-9-10(14)12(18)17-11(16-9)6-2-3-8(15)7(13)4-6/h2-4H,5H2,1H3,(H,16,17,18). The predicted octanol–water partition coefficient (Wildman–Crippen LogP) is 3.25. The van der Waals surface area contributed by atoms with Crippen LogP contribution >= 0.6 is 31.9 Å². The quantitative estimate of drug-likeness (QED) is 0.873. The fourth-order valence-corrected chi connectivity index (χ4v) is 2.20. The maximum atomic E-state index is 13.2. The monoisotopic (exact) mass is 390 g/mol. The SMILES string of the molecule is COCc1nc(-c2ccc(F)c(Br)c2)[nH]c(=O)c1Br. The van der Waals surface area contributed by atoms with Crippen LogP contribution in [0, 0.1) is 5.82 Å². The van der Waals surface area contributed by atoms with E-state index in [4.69, 9.17) is 4.74 Å². The maximum Gasteiger partial charge on any atom is 0.265 e. The van der Waals surface area contributed by atoms with Gasteiger partial charge >= 0.3 is 0 Å². The van der Waals surface area contributed by atoms with Gasteiger partial charge in [-0.3, -0.25) is 4.79 Å². The molecule has 0 aliphatic carbocycles. The van der Waals surface area contributed by atoms with Crippen molar-refractivity contribution in [3.05, 3.63) is 49.0 Å². The van der Waals surface area contributed by atoms with Crippen LogP contribution in [0.4, 0.5) is 4.39 Å². The molecule has 7 heteroatoms. The molecule has 0 bridgehead atoms. The Morgan fingerprint density at radius 2 is 2.16 bits per heavy atom. The second-order valence-corrected chi connectivity index (χ2v) is 5.38. The highest BCUT2D eigenvalue weighted by Crippen LogP contribution is 2.23. The van der Waals surface area contributed by atoms with Gasteiger partial charge < -0.3 is 9.72 Å². The van der Waals surface area contributed by atoms with Gasteiger partial charge in [0.05, 0.1) is 16.8 Å². The van der Waals surface area contributed by atoms with E-state index >= 15 is 0 Å². The number of rotatable bonds is 3. The third-order valence-electron chi connectivity index (χ3n) is 2.41. The summed E-state index contributed by atoms with van der Waals surface area (Å²) < 4.78 is 18.8. The number of methoxy groups -OCH3 is 1. The van der Waals surface area contributed by atoms with Crippen LogP contribution in [-0.2, 0) is 11.3 Å². The van der Waals surface area contributed by atoms with Gasteiger partial charge in [0.25, 0.3) is 5.56 Å². The highest BCUT2D eigenvalue weighted by Gasteiger charge is 2.11. The van der Waals surface area contributed by atoms with Crippen molar-refractivity contribution in [2.24, 2.45) is 0 Å². The highest BCUT2D eigenvalue weighted by molar-refractivity contribution is 9.10. The van der Waals surface area contributed by atoms with Crippen LogP contribution in [-0.4, -0.2) is 17.1 Å². The smallest absolute Gasteiger partial charge is 0.265 e. The molecule has 1 aromatic carbocycles. The lowest BCUT2D eigenvalue weighted by Crippen LogP contribution is -2.14. The van der Waals surface area contributed by atoms with Crippen LogP contribution in [0.3, 0.4) is 0 Å². The summed E-state index contributed by atoms with van der Waals surface area (Å²) in [6, 6.07) is 4.40. The Balaban J connectivity index is 2.56. The molecule has 1 aromatic heterocycles. The fourth-order valence-electron chi connectivity index (χ4n) is 1.52. The summed E-state index contributed by atoms with van der Waals surface area (Å²) in [4.78, 5) is 18.7. The third kappa shape index (κ3) is 3.10. The van der Waals surface area contributed by atoms with Crippen LogP contribution in [0.1, 0.15) is 5.69 Å². The number of benzene rings is 1. The molecule has 0 saturated heterocycles. The van der Waals surface area contributed by atoms with E-state index in [0.717, 1.165) is 0 Å². The lowest BCUT2D eigenvalue weighted by molar-refractivity contribution is 0.180. The van der Waals surface area contributed by atoms with Crippen molar-refractivity contribution in [2.75, 3.05) is 7.11 Å². The van der Waals surface area contributed by atoms with E-state index in [2.05, 4.69) is 41.8 Å². The number of aromatic amines is 1. The van der Waals surface area contributed by atoms with E-state index in [9.17, 15) is 9.18 Å². The minimum atomic E-state index is -0.375. The van der Waals surface area contributed by atoms with Gasteiger partial charge in [-0.2, -0.15) is 0 Å². The third-order valence-corrected chi connectivity index (χ3v) is 3.83. The zero-order valence-corrected chi connectivity index (χ0v) is 13.0. The Bertz CT molecular complexity index is 673. The molecular weight excluding hydrogens is 383 g/mol. The van der Waals surface area contributed by atoms with Crippen molar-refractivity contribution in [1.29, 1.82) is 0 Å². The number of H-pyrrole nitrogens is 1. The second-order valence-electron chi connectivity index (χ2n) is 3.74. The number of hydrogen-bond acceptors (Lipinski definition) is 3. The Labute approximate surface area is 125 Å². The van der Waals surface area contributed by atoms with Gasteiger partial charge in [-0.05, 0) is 50.1 Å². The highest BCUT2D eigenvalue weighted by atomic mass is 79.9. The van der Waals surface area contributed by atoms with Crippen LogP contribution in [0.2, 0.25) is 0 Å². The minimum absolute atomic E-state index is 0.208. The average Bonchev–Trinajstić information content (AvgIpc) is 2.38. The molecule has 0 unspecified atom stereocenters. The summed E-state index contributed by atoms with van der Waals surface area (Å²) in [5, 5.41) is 0. The summed E-state index contributed by atoms with van der Waals surface area (Å²) in [5.41, 5.74) is 0.787. The second kappa shape index (κ2) is 5.94. The van der Waals surface area contributed by atoms with Crippen molar-refractivity contribution >= 4 is 31.9 Å². The largest absolute Gasteiger partial charge is 0.378 e. The number of hydrogen-bond donors (Lipinski definition) is 1. The topological polar surface area (TPSA) is 55.0 Å². The Kier molecular flexibility index (Phi) is 4.49. The van der Waals surface area contributed by atoms with Crippen LogP contribution in [0.5, 0.6) is 0 Å². The van der Waals surface area contributed by atoms with Crippen molar-refractivity contribution < 1.29 is 9.13 Å². The summed E-state index contributed by atoms with van der Waals surface area (Å²) in [5.74, 6) is -0.0127. The van der Waals surface area contributed by atoms with Gasteiger partial charge in [-0.25, -0.2) is 9.37 Å². The van der Waals surface area contributed by atoms with Gasteiger partial charge in [0.15, 0.2) is 0 Å². The van der Waals surface area contributed by atoms with Crippen LogP contribution in [0.25, 0.3) is 11.4 Å². The van der Waals surface area contributed by atoms with Gasteiger partial charge in [0, 0.05) is 12.7 Å². The molecule has 0 fully saturated rings. The molecule has 2 aromatic rings. The number of aromatic nitrogens is 2. The van der Waals surface area contributed by atoms with Gasteiger partial charge in [0.1, 0.15) is 16.1 Å². The maximum absolute atomic E-state index is 13.2. The molecule has 1 heterocycles. The molecule has 0 atom stereocenters. The van der Waals surface area contributed by atoms with Crippen molar-refractivity contribution in [2.45, 2.75) is 6.61 Å². The van der Waals surface area contributed by atoms with E-state index in [1.54, 1.807) is 12.1 Å². The predicted molar refractivity (Wildman–Crippen MR) is 76.4 cm³/mol. The van der Waals surface area contributed by atoms with Crippen molar-refractivity contribution in [3.63, 3.8) is 0 Å². The van der Waals surface area contributed by atoms with Gasteiger partial charge in [0.2, 0.25) is 0 Å². The zero-order chi connectivity index (χ0) is 14.0. The summed E-state index contributed by atoms with van der Waals surface area (Å²) in [7, 11) is 1.52. The minimum Gasteiger partial charge on any atom is -0.378 e. The lowest BCUT2D eigenvalue weighted by Gasteiger charge is -2.06. The summed E-state index contributed by atoms with van der Waals surface area (Å²) in [6.07, 6.45) is 0. The number of nitrogens with one attached hydrogen (secondary N) is 1. The first kappa shape index (κ1) is 14.4. The van der Waals surface area contributed by atoms with Crippen LogP contribution < -0.4 is 5.56 Å². The van der Waals surface area contributed by atoms with E-state index in [1.165, 1.54) is 13.2 Å². The Morgan fingerprint density at radius 1 is 1.42 bits per heavy atom. The zero-order valence-electron chi connectivity index (χ0n) is 9.84. The van der Waals surface area contributed by atoms with Crippen molar-refractivity contribution in [1.82, 2.24) is 9.97 Å². The number of halogens is 3. The molecule has 1 N–H and O–H groups in total. The first-order valence-corrected chi connectivity index (χ1v) is 6.84. The molecule has 19 heavy (non-hydrogen) atoms. The molecule has 0 spiro atoms. The first-order chi connectivity index (χ1) is 9.02. The lowest BCUT2D eigenvalue weighted by atomic mass is 10.2. The summed E-state index contributed by atoms with van der Waals surface area (Å²) in [6.45, 7) is 0.208. The molecule has 0 amide bonds. The summed E-state index contributed by atoms with van der Waals surface area (Å²) >= 11 is 6.26. The molecule has 0 radical (unpaired) electrons. The van der Waals surface area contributed by atoms with Crippen molar-refractivity contribution in [3.8, 4) is 11.4 Å². The van der Waals surface area contributed by atoms with E-state index in [0.29, 0.717) is 26.0 Å². The molecule has 0 aliphatic rings. The first-order valence-electron chi connectivity index (χ1n) is 5.26. The number of ether oxygens (including phenoxy) is 1. The molecule has 2 rings (SSSR count). The molecule has 100 valence electrons.